The number of nitrogens with zero attached hydrogens (tertiary/aromatic N) is 3. The van der Waals surface area contributed by atoms with Crippen LogP contribution in [-0.2, 0) is 13.2 Å². The van der Waals surface area contributed by atoms with Crippen LogP contribution in [0, 0.1) is 20.8 Å². The maximum atomic E-state index is 13.3. The first-order chi connectivity index (χ1) is 16.5. The summed E-state index contributed by atoms with van der Waals surface area (Å²) in [6, 6.07) is 13.9. The van der Waals surface area contributed by atoms with Crippen LogP contribution in [0.15, 0.2) is 47.0 Å². The Labute approximate surface area is 201 Å². The van der Waals surface area contributed by atoms with Gasteiger partial charge in [-0.15, -0.1) is 0 Å². The van der Waals surface area contributed by atoms with E-state index in [9.17, 15) is 4.79 Å². The van der Waals surface area contributed by atoms with Gasteiger partial charge in [-0.05, 0) is 56.5 Å². The molecule has 4 rings (SSSR count). The van der Waals surface area contributed by atoms with Crippen LogP contribution in [-0.4, -0.2) is 54.2 Å². The first-order valence-corrected chi connectivity index (χ1v) is 11.7. The summed E-state index contributed by atoms with van der Waals surface area (Å²) >= 11 is 0. The Morgan fingerprint density at radius 1 is 1.03 bits per heavy atom. The zero-order valence-corrected chi connectivity index (χ0v) is 20.5. The standard InChI is InChI=1S/C27H33N3O4/c1-19-8-5-6-9-23(19)17-29-12-7-13-30(15-14-29)27(31)22-10-11-25(26(16-22)32-4)33-18-24-20(2)28-34-21(24)3/h5-6,8-11,16H,7,12-15,17-18H2,1-4H3. The second-order valence-electron chi connectivity index (χ2n) is 8.81. The van der Waals surface area contributed by atoms with Crippen LogP contribution in [0.25, 0.3) is 0 Å². The Bertz CT molecular complexity index is 1120. The van der Waals surface area contributed by atoms with Crippen molar-refractivity contribution in [3.8, 4) is 11.5 Å². The number of carbonyl (C=O) groups is 1. The SMILES string of the molecule is COc1cc(C(=O)N2CCCN(Cc3ccccc3C)CC2)ccc1OCc1c(C)noc1C. The third-order valence-corrected chi connectivity index (χ3v) is 6.49. The van der Waals surface area contributed by atoms with E-state index in [0.29, 0.717) is 30.2 Å². The highest BCUT2D eigenvalue weighted by Gasteiger charge is 2.22. The van der Waals surface area contributed by atoms with E-state index in [-0.39, 0.29) is 5.91 Å². The van der Waals surface area contributed by atoms with E-state index in [2.05, 4.69) is 41.2 Å². The number of hydrogen-bond donors (Lipinski definition) is 0. The third-order valence-electron chi connectivity index (χ3n) is 6.49. The number of benzene rings is 2. The molecule has 0 saturated carbocycles. The zero-order chi connectivity index (χ0) is 24.1. The van der Waals surface area contributed by atoms with Crippen LogP contribution in [0.5, 0.6) is 11.5 Å². The van der Waals surface area contributed by atoms with Crippen molar-refractivity contribution in [3.63, 3.8) is 0 Å². The number of hydrogen-bond acceptors (Lipinski definition) is 6. The molecule has 0 atom stereocenters. The average molecular weight is 464 g/mol. The summed E-state index contributed by atoms with van der Waals surface area (Å²) in [5, 5.41) is 3.96. The molecule has 0 spiro atoms. The lowest BCUT2D eigenvalue weighted by Gasteiger charge is -2.23. The topological polar surface area (TPSA) is 68.0 Å². The number of aromatic nitrogens is 1. The quantitative estimate of drug-likeness (QED) is 0.513. The number of carbonyl (C=O) groups excluding carboxylic acids is 1. The van der Waals surface area contributed by atoms with E-state index in [4.69, 9.17) is 14.0 Å². The number of rotatable bonds is 7. The highest BCUT2D eigenvalue weighted by atomic mass is 16.5. The lowest BCUT2D eigenvalue weighted by molar-refractivity contribution is 0.0760. The Morgan fingerprint density at radius 2 is 1.85 bits per heavy atom. The van der Waals surface area contributed by atoms with Crippen molar-refractivity contribution in [2.75, 3.05) is 33.3 Å². The van der Waals surface area contributed by atoms with Crippen LogP contribution < -0.4 is 9.47 Å². The normalized spacial score (nSPS) is 14.6. The molecule has 3 aromatic rings. The Balaban J connectivity index is 1.39. The zero-order valence-electron chi connectivity index (χ0n) is 20.5. The Kier molecular flexibility index (Phi) is 7.53. The van der Waals surface area contributed by atoms with Gasteiger partial charge in [0, 0.05) is 38.3 Å². The maximum absolute atomic E-state index is 13.3. The Hall–Kier alpha value is -3.32. The van der Waals surface area contributed by atoms with Gasteiger partial charge in [0.1, 0.15) is 12.4 Å². The van der Waals surface area contributed by atoms with E-state index in [0.717, 1.165) is 49.6 Å². The highest BCUT2D eigenvalue weighted by Crippen LogP contribution is 2.30. The monoisotopic (exact) mass is 463 g/mol. The summed E-state index contributed by atoms with van der Waals surface area (Å²) in [5.41, 5.74) is 4.99. The fourth-order valence-electron chi connectivity index (χ4n) is 4.32. The van der Waals surface area contributed by atoms with Crippen LogP contribution >= 0.6 is 0 Å². The molecule has 0 unspecified atom stereocenters. The van der Waals surface area contributed by atoms with Gasteiger partial charge in [-0.1, -0.05) is 29.4 Å². The largest absolute Gasteiger partial charge is 0.493 e. The third kappa shape index (κ3) is 5.42. The van der Waals surface area contributed by atoms with Gasteiger partial charge in [0.15, 0.2) is 11.5 Å². The molecule has 2 aromatic carbocycles. The summed E-state index contributed by atoms with van der Waals surface area (Å²) in [6.07, 6.45) is 0.952. The first kappa shape index (κ1) is 23.8. The lowest BCUT2D eigenvalue weighted by Crippen LogP contribution is -2.35. The Morgan fingerprint density at radius 3 is 2.59 bits per heavy atom. The molecule has 0 radical (unpaired) electrons. The summed E-state index contributed by atoms with van der Waals surface area (Å²) < 4.78 is 16.7. The molecule has 180 valence electrons. The van der Waals surface area contributed by atoms with Crippen LogP contribution in [0.3, 0.4) is 0 Å². The van der Waals surface area contributed by atoms with Crippen molar-refractivity contribution in [2.45, 2.75) is 40.3 Å². The minimum atomic E-state index is 0.0216. The number of ether oxygens (including phenoxy) is 2. The maximum Gasteiger partial charge on any atom is 0.254 e. The highest BCUT2D eigenvalue weighted by molar-refractivity contribution is 5.95. The predicted octanol–water partition coefficient (Wildman–Crippen LogP) is 4.54. The fraction of sp³-hybridized carbons (Fsp3) is 0.407. The van der Waals surface area contributed by atoms with Crippen molar-refractivity contribution >= 4 is 5.91 Å². The molecular weight excluding hydrogens is 430 g/mol. The van der Waals surface area contributed by atoms with E-state index >= 15 is 0 Å². The molecule has 0 aliphatic carbocycles. The molecule has 1 saturated heterocycles. The van der Waals surface area contributed by atoms with Gasteiger partial charge in [-0.3, -0.25) is 9.69 Å². The first-order valence-electron chi connectivity index (χ1n) is 11.7. The number of amides is 1. The van der Waals surface area contributed by atoms with E-state index < -0.39 is 0 Å². The van der Waals surface area contributed by atoms with Crippen molar-refractivity contribution in [3.05, 3.63) is 76.2 Å². The lowest BCUT2D eigenvalue weighted by atomic mass is 10.1. The van der Waals surface area contributed by atoms with E-state index in [1.807, 2.05) is 24.8 Å². The minimum Gasteiger partial charge on any atom is -0.493 e. The summed E-state index contributed by atoms with van der Waals surface area (Å²) in [4.78, 5) is 17.6. The minimum absolute atomic E-state index is 0.0216. The van der Waals surface area contributed by atoms with Gasteiger partial charge in [0.25, 0.3) is 5.91 Å². The van der Waals surface area contributed by atoms with Crippen LogP contribution in [0.2, 0.25) is 0 Å². The molecule has 7 heteroatoms. The average Bonchev–Trinajstić information content (AvgIpc) is 3.02. The molecule has 7 nitrogen and oxygen atoms in total. The van der Waals surface area contributed by atoms with Crippen molar-refractivity contribution < 1.29 is 18.8 Å². The molecule has 1 fully saturated rings. The van der Waals surface area contributed by atoms with Gasteiger partial charge >= 0.3 is 0 Å². The van der Waals surface area contributed by atoms with Gasteiger partial charge < -0.3 is 18.9 Å². The van der Waals surface area contributed by atoms with Crippen LogP contribution in [0.1, 0.15) is 44.9 Å². The molecule has 0 bridgehead atoms. The van der Waals surface area contributed by atoms with Crippen molar-refractivity contribution in [1.29, 1.82) is 0 Å². The summed E-state index contributed by atoms with van der Waals surface area (Å²) in [6.45, 7) is 10.4. The second-order valence-corrected chi connectivity index (χ2v) is 8.81. The fourth-order valence-corrected chi connectivity index (χ4v) is 4.32. The van der Waals surface area contributed by atoms with Gasteiger partial charge in [0.05, 0.1) is 18.4 Å². The number of aryl methyl sites for hydroxylation is 3. The van der Waals surface area contributed by atoms with Crippen LogP contribution in [0.4, 0.5) is 0 Å². The molecule has 2 heterocycles. The van der Waals surface area contributed by atoms with Gasteiger partial charge in [-0.2, -0.15) is 0 Å². The van der Waals surface area contributed by atoms with Crippen molar-refractivity contribution in [1.82, 2.24) is 15.0 Å². The molecular formula is C27H33N3O4. The van der Waals surface area contributed by atoms with E-state index in [1.165, 1.54) is 11.1 Å². The molecule has 0 N–H and O–H groups in total. The number of methoxy groups -OCH3 is 1. The molecule has 1 aliphatic heterocycles. The van der Waals surface area contributed by atoms with Crippen molar-refractivity contribution in [2.24, 2.45) is 0 Å². The molecule has 1 aromatic heterocycles. The summed E-state index contributed by atoms with van der Waals surface area (Å²) in [7, 11) is 1.59. The van der Waals surface area contributed by atoms with Gasteiger partial charge in [-0.25, -0.2) is 0 Å². The summed E-state index contributed by atoms with van der Waals surface area (Å²) in [5.74, 6) is 1.88. The van der Waals surface area contributed by atoms with Gasteiger partial charge in [0.2, 0.25) is 0 Å². The smallest absolute Gasteiger partial charge is 0.254 e. The molecule has 1 amide bonds. The second kappa shape index (κ2) is 10.7. The predicted molar refractivity (Wildman–Crippen MR) is 130 cm³/mol. The molecule has 34 heavy (non-hydrogen) atoms. The molecule has 1 aliphatic rings. The van der Waals surface area contributed by atoms with E-state index in [1.54, 1.807) is 19.2 Å².